The summed E-state index contributed by atoms with van der Waals surface area (Å²) in [7, 11) is -5.15. The van der Waals surface area contributed by atoms with Crippen molar-refractivity contribution in [1.82, 2.24) is 0 Å². The van der Waals surface area contributed by atoms with Crippen LogP contribution in [0, 0.1) is 0 Å². The van der Waals surface area contributed by atoms with Crippen molar-refractivity contribution in [1.29, 1.82) is 0 Å². The van der Waals surface area contributed by atoms with Gasteiger partial charge in [0, 0.05) is 6.54 Å². The van der Waals surface area contributed by atoms with Crippen LogP contribution in [0.1, 0.15) is 12.5 Å². The van der Waals surface area contributed by atoms with Gasteiger partial charge in [0.15, 0.2) is 5.78 Å². The lowest BCUT2D eigenvalue weighted by atomic mass is 9.98. The van der Waals surface area contributed by atoms with Crippen LogP contribution in [0.3, 0.4) is 0 Å². The topological polar surface area (TPSA) is 150 Å². The Morgan fingerprint density at radius 1 is 1.32 bits per heavy atom. The predicted molar refractivity (Wildman–Crippen MR) is 78.2 cm³/mol. The SMILES string of the molecule is CC(N)C(=O)C(CN)(C(=O)OCc1ccccc1)S(=O)(=O)O. The summed E-state index contributed by atoms with van der Waals surface area (Å²) in [6.45, 7) is -0.0641. The van der Waals surface area contributed by atoms with Gasteiger partial charge in [-0.1, -0.05) is 30.3 Å². The first-order chi connectivity index (χ1) is 10.2. The molecule has 0 spiro atoms. The molecule has 0 aliphatic heterocycles. The summed E-state index contributed by atoms with van der Waals surface area (Å²) in [5.41, 5.74) is 11.2. The van der Waals surface area contributed by atoms with E-state index < -0.39 is 39.2 Å². The Labute approximate surface area is 128 Å². The summed E-state index contributed by atoms with van der Waals surface area (Å²) in [5.74, 6) is -2.68. The third kappa shape index (κ3) is 3.50. The van der Waals surface area contributed by atoms with Crippen molar-refractivity contribution in [2.24, 2.45) is 11.5 Å². The summed E-state index contributed by atoms with van der Waals surface area (Å²) in [6, 6.07) is 7.07. The van der Waals surface area contributed by atoms with E-state index in [-0.39, 0.29) is 6.61 Å². The molecule has 1 aromatic carbocycles. The van der Waals surface area contributed by atoms with Crippen LogP contribution in [0.4, 0.5) is 0 Å². The maximum atomic E-state index is 12.1. The van der Waals surface area contributed by atoms with Gasteiger partial charge in [-0.2, -0.15) is 8.42 Å². The number of carbonyl (C=O) groups excluding carboxylic acids is 2. The molecule has 0 saturated carbocycles. The molecule has 0 bridgehead atoms. The summed E-state index contributed by atoms with van der Waals surface area (Å²) in [5, 5.41) is 0. The molecular weight excluding hydrogens is 312 g/mol. The van der Waals surface area contributed by atoms with Gasteiger partial charge in [-0.3, -0.25) is 9.35 Å². The van der Waals surface area contributed by atoms with Gasteiger partial charge in [-0.15, -0.1) is 0 Å². The fourth-order valence-electron chi connectivity index (χ4n) is 1.83. The number of benzene rings is 1. The van der Waals surface area contributed by atoms with E-state index >= 15 is 0 Å². The van der Waals surface area contributed by atoms with Crippen LogP contribution in [0.2, 0.25) is 0 Å². The summed E-state index contributed by atoms with van der Waals surface area (Å²) >= 11 is 0. The molecule has 0 fully saturated rings. The first-order valence-electron chi connectivity index (χ1n) is 6.35. The van der Waals surface area contributed by atoms with Crippen LogP contribution in [0.5, 0.6) is 0 Å². The minimum Gasteiger partial charge on any atom is -0.459 e. The van der Waals surface area contributed by atoms with Gasteiger partial charge >= 0.3 is 5.97 Å². The highest BCUT2D eigenvalue weighted by Crippen LogP contribution is 2.21. The lowest BCUT2D eigenvalue weighted by Gasteiger charge is -2.26. The van der Waals surface area contributed by atoms with E-state index in [4.69, 9.17) is 16.2 Å². The van der Waals surface area contributed by atoms with Crippen LogP contribution in [0.15, 0.2) is 30.3 Å². The summed E-state index contributed by atoms with van der Waals surface area (Å²) in [6.07, 6.45) is 0. The molecule has 2 unspecified atom stereocenters. The molecule has 2 atom stereocenters. The fraction of sp³-hybridized carbons (Fsp3) is 0.385. The van der Waals surface area contributed by atoms with Crippen molar-refractivity contribution in [3.63, 3.8) is 0 Å². The first kappa shape index (κ1) is 18.2. The molecule has 0 heterocycles. The van der Waals surface area contributed by atoms with Crippen molar-refractivity contribution in [3.05, 3.63) is 35.9 Å². The van der Waals surface area contributed by atoms with Crippen LogP contribution in [-0.4, -0.2) is 42.1 Å². The number of carbonyl (C=O) groups is 2. The zero-order valence-electron chi connectivity index (χ0n) is 11.9. The van der Waals surface area contributed by atoms with E-state index in [2.05, 4.69) is 0 Å². The minimum atomic E-state index is -5.15. The highest BCUT2D eigenvalue weighted by atomic mass is 32.2. The summed E-state index contributed by atoms with van der Waals surface area (Å²) in [4.78, 5) is 24.2. The number of nitrogens with two attached hydrogens (primary N) is 2. The number of ketones is 1. The van der Waals surface area contributed by atoms with E-state index in [1.54, 1.807) is 30.3 Å². The Kier molecular flexibility index (Phi) is 5.78. The molecule has 1 aromatic rings. The predicted octanol–water partition coefficient (Wildman–Crippen LogP) is -0.769. The standard InChI is InChI=1S/C13H18N2O6S/c1-9(15)11(16)13(8-14,22(18,19)20)12(17)21-7-10-5-3-2-4-6-10/h2-6,9H,7-8,14-15H2,1H3,(H,18,19,20). The second-order valence-corrected chi connectivity index (χ2v) is 6.37. The number of hydrogen-bond donors (Lipinski definition) is 3. The molecule has 122 valence electrons. The van der Waals surface area contributed by atoms with Crippen LogP contribution in [0.25, 0.3) is 0 Å². The number of Topliss-reactive ketones (excluding diaryl/α,β-unsaturated/α-hetero) is 1. The molecule has 0 saturated heterocycles. The van der Waals surface area contributed by atoms with Gasteiger partial charge in [-0.25, -0.2) is 4.79 Å². The number of rotatable bonds is 7. The lowest BCUT2D eigenvalue weighted by Crippen LogP contribution is -2.62. The van der Waals surface area contributed by atoms with E-state index in [1.165, 1.54) is 6.92 Å². The molecule has 0 aliphatic rings. The third-order valence-corrected chi connectivity index (χ3v) is 4.50. The lowest BCUT2D eigenvalue weighted by molar-refractivity contribution is -0.151. The molecule has 1 rings (SSSR count). The average Bonchev–Trinajstić information content (AvgIpc) is 2.45. The van der Waals surface area contributed by atoms with E-state index in [0.717, 1.165) is 0 Å². The molecule has 22 heavy (non-hydrogen) atoms. The molecule has 0 radical (unpaired) electrons. The van der Waals surface area contributed by atoms with E-state index in [0.29, 0.717) is 5.56 Å². The van der Waals surface area contributed by atoms with Crippen LogP contribution < -0.4 is 11.5 Å². The van der Waals surface area contributed by atoms with Crippen molar-refractivity contribution >= 4 is 21.9 Å². The number of ether oxygens (including phenoxy) is 1. The third-order valence-electron chi connectivity index (χ3n) is 3.08. The zero-order chi connectivity index (χ0) is 17.0. The monoisotopic (exact) mass is 330 g/mol. The molecule has 0 aliphatic carbocycles. The van der Waals surface area contributed by atoms with Gasteiger partial charge in [-0.05, 0) is 12.5 Å². The average molecular weight is 330 g/mol. The van der Waals surface area contributed by atoms with Gasteiger partial charge in [0.2, 0.25) is 0 Å². The van der Waals surface area contributed by atoms with Crippen LogP contribution in [-0.2, 0) is 31.1 Å². The smallest absolute Gasteiger partial charge is 0.339 e. The fourth-order valence-corrected chi connectivity index (χ4v) is 2.75. The maximum absolute atomic E-state index is 12.1. The van der Waals surface area contributed by atoms with Crippen LogP contribution >= 0.6 is 0 Å². The zero-order valence-corrected chi connectivity index (χ0v) is 12.7. The van der Waals surface area contributed by atoms with E-state index in [1.807, 2.05) is 0 Å². The quantitative estimate of drug-likeness (QED) is 0.335. The molecule has 8 nitrogen and oxygen atoms in total. The van der Waals surface area contributed by atoms with Crippen molar-refractivity contribution in [3.8, 4) is 0 Å². The largest absolute Gasteiger partial charge is 0.459 e. The summed E-state index contributed by atoms with van der Waals surface area (Å²) < 4.78 is 34.4. The van der Waals surface area contributed by atoms with Gasteiger partial charge < -0.3 is 16.2 Å². The highest BCUT2D eigenvalue weighted by molar-refractivity contribution is 7.89. The Balaban J connectivity index is 3.11. The second kappa shape index (κ2) is 6.97. The van der Waals surface area contributed by atoms with E-state index in [9.17, 15) is 22.6 Å². The molecule has 0 aromatic heterocycles. The molecule has 9 heteroatoms. The Morgan fingerprint density at radius 2 is 1.86 bits per heavy atom. The Morgan fingerprint density at radius 3 is 2.27 bits per heavy atom. The van der Waals surface area contributed by atoms with Gasteiger partial charge in [0.25, 0.3) is 14.9 Å². The second-order valence-electron chi connectivity index (χ2n) is 4.72. The van der Waals surface area contributed by atoms with Crippen molar-refractivity contribution in [2.75, 3.05) is 6.54 Å². The molecule has 5 N–H and O–H groups in total. The molecule has 0 amide bonds. The maximum Gasteiger partial charge on any atom is 0.339 e. The van der Waals surface area contributed by atoms with Gasteiger partial charge in [0.05, 0.1) is 6.04 Å². The van der Waals surface area contributed by atoms with Gasteiger partial charge in [0.1, 0.15) is 6.61 Å². The van der Waals surface area contributed by atoms with Crippen molar-refractivity contribution < 1.29 is 27.3 Å². The minimum absolute atomic E-state index is 0.275. The van der Waals surface area contributed by atoms with Crippen molar-refractivity contribution in [2.45, 2.75) is 24.3 Å². The normalized spacial score (nSPS) is 15.6. The highest BCUT2D eigenvalue weighted by Gasteiger charge is 2.58. The number of esters is 1. The molecular formula is C13H18N2O6S. The number of hydrogen-bond acceptors (Lipinski definition) is 7. The first-order valence-corrected chi connectivity index (χ1v) is 7.79. The Bertz CT molecular complexity index is 644. The Hall–Kier alpha value is -1.81.